The highest BCUT2D eigenvalue weighted by atomic mass is 35.5. The van der Waals surface area contributed by atoms with Gasteiger partial charge in [0.2, 0.25) is 0 Å². The number of fused-ring (bicyclic) bond motifs is 4. The molecule has 0 atom stereocenters. The first-order valence-corrected chi connectivity index (χ1v) is 46.4. The predicted molar refractivity (Wildman–Crippen MR) is 495 cm³/mol. The minimum Gasteiger partial charge on any atom is -0.478 e. The molecule has 0 aliphatic carbocycles. The van der Waals surface area contributed by atoms with E-state index in [2.05, 4.69) is 10.6 Å². The van der Waals surface area contributed by atoms with E-state index in [-0.39, 0.29) is 57.4 Å². The molecule has 4 N–H and O–H groups in total. The van der Waals surface area contributed by atoms with Crippen LogP contribution in [0.15, 0.2) is 220 Å². The number of carbonyl (C=O) groups is 9. The summed E-state index contributed by atoms with van der Waals surface area (Å²) in [5.41, 5.74) is 5.08. The molecule has 11 aromatic heterocycles. The van der Waals surface area contributed by atoms with Gasteiger partial charge in [-0.3, -0.25) is 19.7 Å². The number of carboxylic acid groups (broad SMARTS) is 2. The third-order valence-electron chi connectivity index (χ3n) is 15.6. The lowest BCUT2D eigenvalue weighted by atomic mass is 10.1. The Hall–Kier alpha value is -8.61. The summed E-state index contributed by atoms with van der Waals surface area (Å²) < 4.78 is 29.1. The Labute approximate surface area is 756 Å². The van der Waals surface area contributed by atoms with Crippen LogP contribution in [0.5, 0.6) is 0 Å². The lowest BCUT2D eigenvalue weighted by Gasteiger charge is -2.20. The fourth-order valence-corrected chi connectivity index (χ4v) is 21.9. The number of esters is 2. The fraction of sp³-hybridized carbons (Fsp3) is 0.0741. The molecule has 0 radical (unpaired) electrons. The topological polar surface area (TPSA) is 258 Å². The summed E-state index contributed by atoms with van der Waals surface area (Å²) in [6.45, 7) is 0.0964. The van der Waals surface area contributed by atoms with Gasteiger partial charge in [0.1, 0.15) is 34.8 Å². The fourth-order valence-electron chi connectivity index (χ4n) is 10.4. The van der Waals surface area contributed by atoms with Crippen LogP contribution >= 0.6 is 218 Å². The summed E-state index contributed by atoms with van der Waals surface area (Å²) >= 11 is 57.7. The highest BCUT2D eigenvalue weighted by molar-refractivity contribution is 7.30. The van der Waals surface area contributed by atoms with Crippen molar-refractivity contribution in [1.82, 2.24) is 0 Å². The average Bonchev–Trinajstić information content (AvgIpc) is 1.63. The summed E-state index contributed by atoms with van der Waals surface area (Å²) in [6, 6.07) is 54.4. The van der Waals surface area contributed by atoms with Crippen LogP contribution in [0.25, 0.3) is 68.9 Å². The smallest absolute Gasteiger partial charge is 0.421 e. The van der Waals surface area contributed by atoms with Gasteiger partial charge in [0.05, 0.1) is 71.2 Å². The second-order valence-electron chi connectivity index (χ2n) is 23.0. The van der Waals surface area contributed by atoms with Crippen LogP contribution in [0.2, 0.25) is 15.1 Å². The summed E-state index contributed by atoms with van der Waals surface area (Å²) in [5, 5.41) is 38.2. The molecule has 0 fully saturated rings. The highest BCUT2D eigenvalue weighted by Crippen LogP contribution is 2.43. The number of methoxy groups -OCH3 is 2. The molecule has 37 heteroatoms. The van der Waals surface area contributed by atoms with E-state index in [4.69, 9.17) is 117 Å². The summed E-state index contributed by atoms with van der Waals surface area (Å²) in [4.78, 5) is 115. The van der Waals surface area contributed by atoms with Gasteiger partial charge in [0, 0.05) is 68.8 Å². The van der Waals surface area contributed by atoms with Crippen molar-refractivity contribution in [3.63, 3.8) is 0 Å². The number of imide groups is 1. The molecule has 606 valence electrons. The number of halogens is 8. The highest BCUT2D eigenvalue weighted by Gasteiger charge is 2.35. The molecule has 0 aliphatic heterocycles. The number of carboxylic acids is 2. The van der Waals surface area contributed by atoms with E-state index in [1.165, 1.54) is 105 Å². The van der Waals surface area contributed by atoms with Gasteiger partial charge in [0.25, 0.3) is 17.1 Å². The second-order valence-corrected chi connectivity index (χ2v) is 37.0. The average molecular weight is 1950 g/mol. The number of amides is 4. The molecular weight excluding hydrogens is 1890 g/mol. The number of aromatic carboxylic acids is 2. The van der Waals surface area contributed by atoms with E-state index >= 15 is 0 Å². The lowest BCUT2D eigenvalue weighted by molar-refractivity contribution is 0.0593. The maximum Gasteiger partial charge on any atom is 0.421 e. The normalized spacial score (nSPS) is 10.5. The predicted octanol–water partition coefficient (Wildman–Crippen LogP) is 28.9. The number of nitrogens with zero attached hydrogens (tertiary/aromatic N) is 1. The number of hydrogen-bond acceptors (Lipinski definition) is 24. The molecule has 5 aromatic carbocycles. The number of alkyl halides is 4. The number of benzene rings is 5. The van der Waals surface area contributed by atoms with Crippen LogP contribution in [-0.2, 0) is 32.2 Å². The number of carbonyl (C=O) groups excluding carboxylic acids is 7. The summed E-state index contributed by atoms with van der Waals surface area (Å²) in [7, 11) is 2.55. The van der Waals surface area contributed by atoms with E-state index in [0.717, 1.165) is 64.8 Å². The Morgan fingerprint density at radius 1 is 0.398 bits per heavy atom. The van der Waals surface area contributed by atoms with Gasteiger partial charge in [0.15, 0.2) is 0 Å². The number of hydrogen-bond donors (Lipinski definition) is 4. The number of rotatable bonds is 17. The van der Waals surface area contributed by atoms with E-state index in [1.54, 1.807) is 135 Å². The van der Waals surface area contributed by atoms with Gasteiger partial charge in [-0.05, 0) is 146 Å². The maximum atomic E-state index is 13.8. The van der Waals surface area contributed by atoms with Crippen molar-refractivity contribution in [1.29, 1.82) is 0 Å². The van der Waals surface area contributed by atoms with Crippen LogP contribution in [-0.4, -0.2) is 88.2 Å². The van der Waals surface area contributed by atoms with Gasteiger partial charge in [-0.25, -0.2) is 33.7 Å². The van der Waals surface area contributed by atoms with E-state index < -0.39 is 42.0 Å². The van der Waals surface area contributed by atoms with Crippen molar-refractivity contribution < 1.29 is 72.3 Å². The molecule has 11 heterocycles. The molecule has 0 spiro atoms. The molecule has 118 heavy (non-hydrogen) atoms. The largest absolute Gasteiger partial charge is 0.478 e. The minimum absolute atomic E-state index is 0.0370. The van der Waals surface area contributed by atoms with E-state index in [9.17, 15) is 48.3 Å². The minimum atomic E-state index is -1.08. The Balaban J connectivity index is 0.000000162. The molecule has 18 nitrogen and oxygen atoms in total. The Kier molecular flexibility index (Phi) is 35.1. The van der Waals surface area contributed by atoms with Crippen molar-refractivity contribution in [2.45, 2.75) is 13.2 Å². The van der Waals surface area contributed by atoms with Gasteiger partial charge in [-0.15, -0.1) is 171 Å². The first-order chi connectivity index (χ1) is 56.9. The molecule has 0 saturated heterocycles. The van der Waals surface area contributed by atoms with Crippen LogP contribution in [0.1, 0.15) is 80.9 Å². The molecule has 16 rings (SSSR count). The van der Waals surface area contributed by atoms with Crippen molar-refractivity contribution in [2.24, 2.45) is 0 Å². The Bertz CT molecular complexity index is 5930. The zero-order valence-corrected chi connectivity index (χ0v) is 75.4. The van der Waals surface area contributed by atoms with E-state index in [1.807, 2.05) is 119 Å². The molecule has 16 aromatic rings. The monoisotopic (exact) mass is 1940 g/mol. The quantitative estimate of drug-likeness (QED) is 0.0286. The van der Waals surface area contributed by atoms with Crippen LogP contribution in [0.4, 0.5) is 26.7 Å². The third-order valence-corrected chi connectivity index (χ3v) is 28.1. The van der Waals surface area contributed by atoms with Crippen LogP contribution in [0, 0.1) is 0 Å². The first-order valence-electron chi connectivity index (χ1n) is 33.4. The van der Waals surface area contributed by atoms with E-state index in [0.29, 0.717) is 66.1 Å². The summed E-state index contributed by atoms with van der Waals surface area (Å²) in [5.74, 6) is -4.03. The molecule has 0 unspecified atom stereocenters. The number of ether oxygens (including phenoxy) is 4. The second kappa shape index (κ2) is 45.2. The zero-order valence-electron chi connectivity index (χ0n) is 60.4. The first kappa shape index (κ1) is 91.7. The van der Waals surface area contributed by atoms with Crippen molar-refractivity contribution in [3.8, 4) is 31.3 Å². The molecule has 0 bridgehead atoms. The van der Waals surface area contributed by atoms with Gasteiger partial charge in [-0.2, -0.15) is 0 Å². The van der Waals surface area contributed by atoms with Gasteiger partial charge in [-0.1, -0.05) is 132 Å². The number of nitrogens with one attached hydrogen (secondary N) is 2. The molecular formula is C81H55Cl8N3O15S11. The van der Waals surface area contributed by atoms with Gasteiger partial charge < -0.3 is 34.5 Å². The van der Waals surface area contributed by atoms with Crippen LogP contribution in [0.3, 0.4) is 0 Å². The van der Waals surface area contributed by atoms with Crippen molar-refractivity contribution >= 4 is 325 Å². The van der Waals surface area contributed by atoms with Crippen LogP contribution < -0.4 is 15.5 Å². The Morgan fingerprint density at radius 2 is 0.763 bits per heavy atom. The standard InChI is InChI=1S/C27H18ClNO5S3.C20H16ClNO4S.C18H10ClNO3S3.C7H3ClOS2.C7H4O2S2.2CH2Cl2/c1-33-26(31)23-19(15-36-24(23)17-7-9-18(28)10-8-17)29(27(32)34-14-16-5-3-2-4-6-16)25(30)22-13-21-20(37-22)11-12-35-21;1-25-19(23)17-16(12-27-18(17)14-7-9-15(21)10-8-14)22-20(24)26-11-13-5-3-2-4-6-13;19-10-3-1-9(2-4-10)16-15(18(22)23)11(8-25-16)20-17(21)14-7-13-12(26-14)5-6-24-13;2*8-7(9)6-3-5-4(11-6)1-2-10-5;2*2-1-3/h2-13,15H,14H2,1H3;2-10,12H,11H2,1H3,(H,22,24);1-8H,(H,20,21)(H,22,23);1-3H;1-3H,(H,8,9);2*1H2. The zero-order chi connectivity index (χ0) is 84.5. The molecule has 0 aliphatic rings. The van der Waals surface area contributed by atoms with Crippen molar-refractivity contribution in [2.75, 3.05) is 40.4 Å². The summed E-state index contributed by atoms with van der Waals surface area (Å²) in [6.07, 6.45) is -1.54. The molecule has 4 amide bonds. The molecule has 0 saturated carbocycles. The number of thiophene rings is 11. The SMILES string of the molecule is COC(=O)c1c(N(C(=O)OCc2ccccc2)C(=O)c2cc3sccc3s2)csc1-c1ccc(Cl)cc1.COC(=O)c1c(NC(=O)OCc2ccccc2)csc1-c1ccc(Cl)cc1.ClCCl.ClCCl.O=C(Cl)c1cc2sccc2s1.O=C(Nc1csc(-c2ccc(Cl)cc2)c1C(=O)O)c1cc2sccc2s1.O=C(O)c1cc2sccc2s1. The Morgan fingerprint density at radius 3 is 1.19 bits per heavy atom. The maximum absolute atomic E-state index is 13.8. The lowest BCUT2D eigenvalue weighted by Crippen LogP contribution is -2.37. The van der Waals surface area contributed by atoms with Gasteiger partial charge >= 0.3 is 36.1 Å². The number of anilines is 3. The third kappa shape index (κ3) is 24.6. The van der Waals surface area contributed by atoms with Crippen molar-refractivity contribution in [3.05, 3.63) is 282 Å².